The molecule has 15 heavy (non-hydrogen) atoms. The minimum atomic E-state index is 0.0291. The summed E-state index contributed by atoms with van der Waals surface area (Å²) >= 11 is 0. The molecule has 0 atom stereocenters. The van der Waals surface area contributed by atoms with Crippen LogP contribution in [0.3, 0.4) is 0 Å². The number of aromatic nitrogens is 1. The SMILES string of the molecule is CC(C)NCc1ccnc(C(N)=NO)c1. The number of pyridine rings is 1. The van der Waals surface area contributed by atoms with Gasteiger partial charge in [-0.2, -0.15) is 0 Å². The van der Waals surface area contributed by atoms with E-state index in [0.29, 0.717) is 11.7 Å². The molecule has 0 aliphatic heterocycles. The number of nitrogens with zero attached hydrogens (tertiary/aromatic N) is 2. The predicted molar refractivity (Wildman–Crippen MR) is 58.7 cm³/mol. The van der Waals surface area contributed by atoms with Crippen molar-refractivity contribution in [3.05, 3.63) is 29.6 Å². The second-order valence-corrected chi connectivity index (χ2v) is 3.57. The van der Waals surface area contributed by atoms with E-state index in [4.69, 9.17) is 10.9 Å². The molecule has 0 fully saturated rings. The van der Waals surface area contributed by atoms with Crippen LogP contribution in [0.15, 0.2) is 23.5 Å². The van der Waals surface area contributed by atoms with E-state index < -0.39 is 0 Å². The molecule has 0 unspecified atom stereocenters. The van der Waals surface area contributed by atoms with Gasteiger partial charge in [0.05, 0.1) is 0 Å². The normalized spacial score (nSPS) is 12.1. The number of hydrogen-bond donors (Lipinski definition) is 3. The summed E-state index contributed by atoms with van der Waals surface area (Å²) in [4.78, 5) is 3.99. The van der Waals surface area contributed by atoms with Crippen LogP contribution >= 0.6 is 0 Å². The van der Waals surface area contributed by atoms with Gasteiger partial charge >= 0.3 is 0 Å². The highest BCUT2D eigenvalue weighted by Crippen LogP contribution is 2.01. The van der Waals surface area contributed by atoms with E-state index in [1.807, 2.05) is 6.07 Å². The molecule has 1 heterocycles. The molecule has 0 radical (unpaired) electrons. The van der Waals surface area contributed by atoms with Crippen molar-refractivity contribution in [3.63, 3.8) is 0 Å². The molecule has 0 aliphatic rings. The fraction of sp³-hybridized carbons (Fsp3) is 0.400. The molecule has 1 aromatic rings. The molecule has 0 bridgehead atoms. The van der Waals surface area contributed by atoms with Gasteiger partial charge in [0.15, 0.2) is 5.84 Å². The molecule has 0 amide bonds. The molecule has 5 heteroatoms. The molecule has 0 aliphatic carbocycles. The summed E-state index contributed by atoms with van der Waals surface area (Å²) in [5.74, 6) is 0.0291. The molecular weight excluding hydrogens is 192 g/mol. The fourth-order valence-corrected chi connectivity index (χ4v) is 1.10. The van der Waals surface area contributed by atoms with Crippen molar-refractivity contribution in [2.45, 2.75) is 26.4 Å². The number of nitrogens with two attached hydrogens (primary N) is 1. The monoisotopic (exact) mass is 208 g/mol. The molecule has 5 nitrogen and oxygen atoms in total. The first-order chi connectivity index (χ1) is 7.13. The second kappa shape index (κ2) is 5.31. The van der Waals surface area contributed by atoms with Crippen LogP contribution in [0, 0.1) is 0 Å². The number of rotatable bonds is 4. The fourth-order valence-electron chi connectivity index (χ4n) is 1.10. The first-order valence-corrected chi connectivity index (χ1v) is 4.79. The van der Waals surface area contributed by atoms with E-state index in [1.54, 1.807) is 12.3 Å². The highest BCUT2D eigenvalue weighted by atomic mass is 16.4. The molecule has 0 saturated carbocycles. The zero-order chi connectivity index (χ0) is 11.3. The summed E-state index contributed by atoms with van der Waals surface area (Å²) in [5.41, 5.74) is 6.98. The van der Waals surface area contributed by atoms with E-state index in [2.05, 4.69) is 29.3 Å². The van der Waals surface area contributed by atoms with Crippen LogP contribution in [0.5, 0.6) is 0 Å². The van der Waals surface area contributed by atoms with E-state index >= 15 is 0 Å². The molecule has 1 aromatic heterocycles. The number of oxime groups is 1. The highest BCUT2D eigenvalue weighted by Gasteiger charge is 2.02. The van der Waals surface area contributed by atoms with Gasteiger partial charge in [0.1, 0.15) is 5.69 Å². The highest BCUT2D eigenvalue weighted by molar-refractivity contribution is 5.95. The van der Waals surface area contributed by atoms with Crippen molar-refractivity contribution in [2.75, 3.05) is 0 Å². The van der Waals surface area contributed by atoms with Gasteiger partial charge < -0.3 is 16.3 Å². The molecule has 0 aromatic carbocycles. The average molecular weight is 208 g/mol. The maximum atomic E-state index is 8.50. The first-order valence-electron chi connectivity index (χ1n) is 4.79. The minimum absolute atomic E-state index is 0.0291. The summed E-state index contributed by atoms with van der Waals surface area (Å²) in [6.45, 7) is 4.89. The van der Waals surface area contributed by atoms with Gasteiger partial charge in [0, 0.05) is 18.8 Å². The maximum Gasteiger partial charge on any atom is 0.188 e. The van der Waals surface area contributed by atoms with E-state index in [0.717, 1.165) is 12.1 Å². The van der Waals surface area contributed by atoms with Crippen LogP contribution in [-0.2, 0) is 6.54 Å². The number of hydrogen-bond acceptors (Lipinski definition) is 4. The summed E-state index contributed by atoms with van der Waals surface area (Å²) in [5, 5.41) is 14.7. The van der Waals surface area contributed by atoms with Gasteiger partial charge in [-0.3, -0.25) is 4.98 Å². The van der Waals surface area contributed by atoms with Crippen LogP contribution in [-0.4, -0.2) is 22.1 Å². The Balaban J connectivity index is 2.74. The van der Waals surface area contributed by atoms with Crippen molar-refractivity contribution < 1.29 is 5.21 Å². The molecule has 82 valence electrons. The molecule has 0 saturated heterocycles. The van der Waals surface area contributed by atoms with E-state index in [-0.39, 0.29) is 5.84 Å². The first kappa shape index (κ1) is 11.5. The Morgan fingerprint density at radius 3 is 3.00 bits per heavy atom. The lowest BCUT2D eigenvalue weighted by Crippen LogP contribution is -2.22. The molecule has 0 spiro atoms. The average Bonchev–Trinajstić information content (AvgIpc) is 2.25. The quantitative estimate of drug-likeness (QED) is 0.294. The van der Waals surface area contributed by atoms with Crippen LogP contribution in [0.1, 0.15) is 25.1 Å². The zero-order valence-electron chi connectivity index (χ0n) is 8.94. The Morgan fingerprint density at radius 2 is 2.40 bits per heavy atom. The Hall–Kier alpha value is -1.62. The van der Waals surface area contributed by atoms with Gasteiger partial charge in [-0.05, 0) is 17.7 Å². The largest absolute Gasteiger partial charge is 0.409 e. The summed E-state index contributed by atoms with van der Waals surface area (Å²) in [6, 6.07) is 4.11. The Morgan fingerprint density at radius 1 is 1.67 bits per heavy atom. The summed E-state index contributed by atoms with van der Waals surface area (Å²) in [7, 11) is 0. The number of nitrogens with one attached hydrogen (secondary N) is 1. The van der Waals surface area contributed by atoms with Crippen molar-refractivity contribution in [1.29, 1.82) is 0 Å². The van der Waals surface area contributed by atoms with Crippen LogP contribution in [0.2, 0.25) is 0 Å². The van der Waals surface area contributed by atoms with Gasteiger partial charge in [0.2, 0.25) is 0 Å². The van der Waals surface area contributed by atoms with Gasteiger partial charge in [0.25, 0.3) is 0 Å². The smallest absolute Gasteiger partial charge is 0.188 e. The topological polar surface area (TPSA) is 83.5 Å². The Labute approximate surface area is 89.0 Å². The third kappa shape index (κ3) is 3.55. The minimum Gasteiger partial charge on any atom is -0.409 e. The van der Waals surface area contributed by atoms with Crippen LogP contribution in [0.4, 0.5) is 0 Å². The predicted octanol–water partition coefficient (Wildman–Crippen LogP) is 0.674. The van der Waals surface area contributed by atoms with Gasteiger partial charge in [-0.1, -0.05) is 19.0 Å². The third-order valence-electron chi connectivity index (χ3n) is 1.91. The summed E-state index contributed by atoms with van der Waals surface area (Å²) < 4.78 is 0. The van der Waals surface area contributed by atoms with E-state index in [9.17, 15) is 0 Å². The van der Waals surface area contributed by atoms with Gasteiger partial charge in [-0.15, -0.1) is 0 Å². The van der Waals surface area contributed by atoms with Crippen LogP contribution in [0.25, 0.3) is 0 Å². The number of amidine groups is 1. The van der Waals surface area contributed by atoms with Crippen molar-refractivity contribution in [2.24, 2.45) is 10.9 Å². The lowest BCUT2D eigenvalue weighted by Gasteiger charge is -2.08. The lowest BCUT2D eigenvalue weighted by atomic mass is 10.2. The third-order valence-corrected chi connectivity index (χ3v) is 1.91. The Kier molecular flexibility index (Phi) is 4.05. The Bertz CT molecular complexity index is 349. The lowest BCUT2D eigenvalue weighted by molar-refractivity contribution is 0.318. The van der Waals surface area contributed by atoms with E-state index in [1.165, 1.54) is 0 Å². The molecular formula is C10H16N4O. The zero-order valence-corrected chi connectivity index (χ0v) is 8.94. The van der Waals surface area contributed by atoms with Crippen LogP contribution < -0.4 is 11.1 Å². The van der Waals surface area contributed by atoms with Crippen molar-refractivity contribution in [1.82, 2.24) is 10.3 Å². The summed E-state index contributed by atoms with van der Waals surface area (Å²) in [6.07, 6.45) is 1.64. The van der Waals surface area contributed by atoms with Gasteiger partial charge in [-0.25, -0.2) is 0 Å². The second-order valence-electron chi connectivity index (χ2n) is 3.57. The maximum absolute atomic E-state index is 8.50. The molecule has 4 N–H and O–H groups in total. The molecule has 1 rings (SSSR count). The standard InChI is InChI=1S/C10H16N4O/c1-7(2)13-6-8-3-4-12-9(5-8)10(11)14-15/h3-5,7,13,15H,6H2,1-2H3,(H2,11,14). The van der Waals surface area contributed by atoms with Crippen molar-refractivity contribution >= 4 is 5.84 Å². The van der Waals surface area contributed by atoms with Crippen molar-refractivity contribution in [3.8, 4) is 0 Å².